The predicted octanol–water partition coefficient (Wildman–Crippen LogP) is 5.04. The topological polar surface area (TPSA) is 70.8 Å². The molecule has 1 spiro atoms. The highest BCUT2D eigenvalue weighted by Gasteiger charge is 2.50. The minimum atomic E-state index is -0.581. The van der Waals surface area contributed by atoms with Crippen LogP contribution in [0.5, 0.6) is 0 Å². The highest BCUT2D eigenvalue weighted by molar-refractivity contribution is 6.15. The highest BCUT2D eigenvalue weighted by atomic mass is 16.2. The molecule has 7 rings (SSSR count). The Morgan fingerprint density at radius 3 is 2.49 bits per heavy atom. The molecule has 2 aromatic carbocycles. The first-order valence-electron chi connectivity index (χ1n) is 14.6. The maximum absolute atomic E-state index is 13.9. The zero-order chi connectivity index (χ0) is 26.7. The molecule has 2 saturated carbocycles. The number of aromatic nitrogens is 2. The Labute approximate surface area is 229 Å². The van der Waals surface area contributed by atoms with Gasteiger partial charge < -0.3 is 4.90 Å². The molecule has 202 valence electrons. The molecule has 0 N–H and O–H groups in total. The van der Waals surface area contributed by atoms with Crippen LogP contribution in [0, 0.1) is 17.8 Å². The molecule has 1 aromatic heterocycles. The molecule has 0 bridgehead atoms. The number of amidine groups is 1. The van der Waals surface area contributed by atoms with Crippen molar-refractivity contribution in [2.24, 2.45) is 29.8 Å². The first kappa shape index (κ1) is 24.6. The molecule has 2 aliphatic carbocycles. The fourth-order valence-corrected chi connectivity index (χ4v) is 6.97. The van der Waals surface area contributed by atoms with Gasteiger partial charge in [-0.25, -0.2) is 0 Å². The summed E-state index contributed by atoms with van der Waals surface area (Å²) in [5.41, 5.74) is 3.82. The number of aryl methyl sites for hydroxylation is 1. The molecular formula is C32H37N5O2. The van der Waals surface area contributed by atoms with E-state index in [9.17, 15) is 9.59 Å². The van der Waals surface area contributed by atoms with Crippen molar-refractivity contribution < 1.29 is 9.59 Å². The minimum absolute atomic E-state index is 0.178. The zero-order valence-electron chi connectivity index (χ0n) is 23.0. The summed E-state index contributed by atoms with van der Waals surface area (Å²) in [4.78, 5) is 35.7. The van der Waals surface area contributed by atoms with Gasteiger partial charge in [0.05, 0.1) is 11.7 Å². The maximum atomic E-state index is 13.9. The molecule has 7 heteroatoms. The molecule has 39 heavy (non-hydrogen) atoms. The summed E-state index contributed by atoms with van der Waals surface area (Å²) in [5.74, 6) is 2.35. The van der Waals surface area contributed by atoms with Crippen molar-refractivity contribution >= 4 is 28.6 Å². The largest absolute Gasteiger partial charge is 0.342 e. The number of rotatable bonds is 6. The van der Waals surface area contributed by atoms with E-state index in [0.29, 0.717) is 24.3 Å². The highest BCUT2D eigenvalue weighted by Crippen LogP contribution is 2.41. The number of hydrogen-bond acceptors (Lipinski definition) is 4. The molecule has 3 heterocycles. The Kier molecular flexibility index (Phi) is 5.87. The van der Waals surface area contributed by atoms with Gasteiger partial charge in [0.1, 0.15) is 11.4 Å². The molecule has 0 radical (unpaired) electrons. The first-order chi connectivity index (χ1) is 18.9. The van der Waals surface area contributed by atoms with Gasteiger partial charge >= 0.3 is 0 Å². The van der Waals surface area contributed by atoms with Crippen LogP contribution >= 0.6 is 0 Å². The Bertz CT molecular complexity index is 1460. The Morgan fingerprint density at radius 1 is 1.03 bits per heavy atom. The lowest BCUT2D eigenvalue weighted by Gasteiger charge is -2.28. The lowest BCUT2D eigenvalue weighted by Crippen LogP contribution is -2.44. The fraction of sp³-hybridized carbons (Fsp3) is 0.500. The van der Waals surface area contributed by atoms with Gasteiger partial charge in [-0.3, -0.25) is 24.2 Å². The summed E-state index contributed by atoms with van der Waals surface area (Å²) in [6.07, 6.45) is 8.83. The van der Waals surface area contributed by atoms with E-state index in [-0.39, 0.29) is 11.8 Å². The molecule has 2 amide bonds. The van der Waals surface area contributed by atoms with Crippen molar-refractivity contribution in [3.05, 3.63) is 54.2 Å². The van der Waals surface area contributed by atoms with E-state index >= 15 is 0 Å². The Hall–Kier alpha value is -3.48. The number of aliphatic imine (C=N–C) groups is 1. The molecule has 2 aliphatic heterocycles. The number of carbonyl (C=O) groups excluding carboxylic acids is 2. The van der Waals surface area contributed by atoms with Crippen LogP contribution in [0.2, 0.25) is 0 Å². The number of benzene rings is 2. The molecule has 3 aromatic rings. The van der Waals surface area contributed by atoms with E-state index in [0.717, 1.165) is 91.5 Å². The number of hydrogen-bond donors (Lipinski definition) is 0. The average Bonchev–Trinajstić information content (AvgIpc) is 3.27. The lowest BCUT2D eigenvalue weighted by molar-refractivity contribution is -0.132. The molecule has 2 atom stereocenters. The van der Waals surface area contributed by atoms with Crippen LogP contribution in [-0.2, 0) is 16.6 Å². The van der Waals surface area contributed by atoms with Gasteiger partial charge in [0.25, 0.3) is 5.91 Å². The predicted molar refractivity (Wildman–Crippen MR) is 152 cm³/mol. The third-order valence-corrected chi connectivity index (χ3v) is 9.61. The Balaban J connectivity index is 1.13. The fourth-order valence-electron chi connectivity index (χ4n) is 6.97. The second-order valence-corrected chi connectivity index (χ2v) is 12.3. The molecule has 4 aliphatic rings. The van der Waals surface area contributed by atoms with Gasteiger partial charge in [-0.15, -0.1) is 0 Å². The van der Waals surface area contributed by atoms with E-state index in [2.05, 4.69) is 59.4 Å². The van der Waals surface area contributed by atoms with Crippen molar-refractivity contribution in [3.8, 4) is 11.1 Å². The van der Waals surface area contributed by atoms with Crippen molar-refractivity contribution in [2.45, 2.75) is 57.4 Å². The number of carbonyl (C=O) groups is 2. The molecule has 3 fully saturated rings. The van der Waals surface area contributed by atoms with E-state index in [4.69, 9.17) is 4.99 Å². The monoisotopic (exact) mass is 523 g/mol. The van der Waals surface area contributed by atoms with Gasteiger partial charge in [-0.1, -0.05) is 50.1 Å². The quantitative estimate of drug-likeness (QED) is 0.455. The van der Waals surface area contributed by atoms with Crippen molar-refractivity contribution in [1.82, 2.24) is 19.6 Å². The molecular weight excluding hydrogens is 486 g/mol. The number of amides is 2. The normalized spacial score (nSPS) is 23.3. The number of fused-ring (bicyclic) bond motifs is 1. The molecule has 7 nitrogen and oxygen atoms in total. The van der Waals surface area contributed by atoms with Crippen LogP contribution in [0.15, 0.2) is 53.7 Å². The van der Waals surface area contributed by atoms with Crippen LogP contribution in [0.3, 0.4) is 0 Å². The Morgan fingerprint density at radius 2 is 1.74 bits per heavy atom. The van der Waals surface area contributed by atoms with Crippen LogP contribution in [0.25, 0.3) is 22.0 Å². The summed E-state index contributed by atoms with van der Waals surface area (Å²) >= 11 is 0. The second kappa shape index (κ2) is 9.32. The summed E-state index contributed by atoms with van der Waals surface area (Å²) in [6, 6.07) is 14.9. The smallest absolute Gasteiger partial charge is 0.256 e. The van der Waals surface area contributed by atoms with Gasteiger partial charge in [-0.05, 0) is 67.2 Å². The van der Waals surface area contributed by atoms with Crippen LogP contribution < -0.4 is 0 Å². The van der Waals surface area contributed by atoms with E-state index < -0.39 is 5.54 Å². The van der Waals surface area contributed by atoms with E-state index in [1.54, 1.807) is 0 Å². The third-order valence-electron chi connectivity index (χ3n) is 9.61. The summed E-state index contributed by atoms with van der Waals surface area (Å²) in [7, 11) is 1.96. The van der Waals surface area contributed by atoms with Crippen LogP contribution in [-0.4, -0.2) is 62.4 Å². The summed E-state index contributed by atoms with van der Waals surface area (Å²) < 4.78 is 1.89. The summed E-state index contributed by atoms with van der Waals surface area (Å²) in [6.45, 7) is 4.59. The number of nitrogens with zero attached hydrogens (tertiary/aromatic N) is 5. The van der Waals surface area contributed by atoms with Gasteiger partial charge in [0, 0.05) is 43.5 Å². The van der Waals surface area contributed by atoms with Crippen molar-refractivity contribution in [1.29, 1.82) is 0 Å². The third kappa shape index (κ3) is 4.26. The maximum Gasteiger partial charge on any atom is 0.256 e. The second-order valence-electron chi connectivity index (χ2n) is 12.3. The standard InChI is InChI=1S/C32H37N5O2/c1-21(26-13-16-36(20-26)30(38)24-9-10-24)19-37-29(34-32(31(37)39)14-3-4-15-32)23-7-5-22(6-8-23)25-11-12-28-27(17-25)18-33-35(28)2/h5-8,11-12,17-18,21,24,26H,3-4,9-10,13-16,19-20H2,1-2H3. The van der Waals surface area contributed by atoms with Crippen LogP contribution in [0.1, 0.15) is 57.4 Å². The molecule has 2 unspecified atom stereocenters. The SMILES string of the molecule is CC(CN1C(=O)C2(CCCC2)N=C1c1ccc(-c2ccc3c(cnn3C)c2)cc1)C1CCN(C(=O)C2CC2)C1. The number of likely N-dealkylation sites (tertiary alicyclic amines) is 1. The molecule has 1 saturated heterocycles. The van der Waals surface area contributed by atoms with Crippen molar-refractivity contribution in [2.75, 3.05) is 19.6 Å². The summed E-state index contributed by atoms with van der Waals surface area (Å²) in [5, 5.41) is 5.49. The average molecular weight is 524 g/mol. The van der Waals surface area contributed by atoms with Gasteiger partial charge in [0.15, 0.2) is 0 Å². The first-order valence-corrected chi connectivity index (χ1v) is 14.6. The van der Waals surface area contributed by atoms with Gasteiger partial charge in [-0.2, -0.15) is 5.10 Å². The lowest BCUT2D eigenvalue weighted by atomic mass is 9.91. The zero-order valence-corrected chi connectivity index (χ0v) is 23.0. The van der Waals surface area contributed by atoms with E-state index in [1.165, 1.54) is 0 Å². The van der Waals surface area contributed by atoms with E-state index in [1.807, 2.05) is 22.8 Å². The van der Waals surface area contributed by atoms with Crippen molar-refractivity contribution in [3.63, 3.8) is 0 Å². The van der Waals surface area contributed by atoms with Crippen LogP contribution in [0.4, 0.5) is 0 Å². The van der Waals surface area contributed by atoms with Gasteiger partial charge in [0.2, 0.25) is 5.91 Å². The minimum Gasteiger partial charge on any atom is -0.342 e.